The Kier molecular flexibility index (Phi) is 10.6. The smallest absolute Gasteiger partial charge is 0.253 e. The molecule has 4 amide bonds. The maximum Gasteiger partial charge on any atom is 0.253 e. The predicted octanol–water partition coefficient (Wildman–Crippen LogP) is 3.07. The summed E-state index contributed by atoms with van der Waals surface area (Å²) in [6.07, 6.45) is 0.110. The minimum Gasteiger partial charge on any atom is -0.391 e. The molecule has 0 aliphatic carbocycles. The zero-order valence-corrected chi connectivity index (χ0v) is 25.6. The van der Waals surface area contributed by atoms with E-state index in [0.717, 1.165) is 10.9 Å². The zero-order chi connectivity index (χ0) is 32.6. The molecule has 10 heteroatoms. The number of aliphatic hydroxyl groups is 1. The van der Waals surface area contributed by atoms with Gasteiger partial charge in [-0.25, -0.2) is 0 Å². The Morgan fingerprint density at radius 3 is 2.22 bits per heavy atom. The number of hydrogen-bond donors (Lipinski definition) is 5. The molecule has 1 aromatic heterocycles. The van der Waals surface area contributed by atoms with E-state index in [1.807, 2.05) is 75.4 Å². The molecule has 1 heterocycles. The number of para-hydroxylation sites is 1. The number of nitrogens with one attached hydrogen (secondary N) is 3. The number of aliphatic hydroxyl groups excluding tert-OH is 1. The van der Waals surface area contributed by atoms with Crippen molar-refractivity contribution in [2.45, 2.75) is 63.8 Å². The summed E-state index contributed by atoms with van der Waals surface area (Å²) in [6.45, 7) is 5.64. The third-order valence-corrected chi connectivity index (χ3v) is 7.15. The molecule has 0 saturated carbocycles. The molecule has 10 nitrogen and oxygen atoms in total. The van der Waals surface area contributed by atoms with E-state index < -0.39 is 47.9 Å². The van der Waals surface area contributed by atoms with Crippen LogP contribution in [-0.2, 0) is 22.4 Å². The van der Waals surface area contributed by atoms with Crippen LogP contribution in [0.5, 0.6) is 0 Å². The Morgan fingerprint density at radius 1 is 0.844 bits per heavy atom. The van der Waals surface area contributed by atoms with Crippen molar-refractivity contribution in [3.05, 3.63) is 113 Å². The van der Waals surface area contributed by atoms with E-state index in [-0.39, 0.29) is 24.3 Å². The Labute approximate surface area is 262 Å². The lowest BCUT2D eigenvalue weighted by molar-refractivity contribution is -0.128. The van der Waals surface area contributed by atoms with E-state index in [9.17, 15) is 24.3 Å². The maximum absolute atomic E-state index is 13.6. The monoisotopic (exact) mass is 609 g/mol. The first-order valence-corrected chi connectivity index (χ1v) is 14.8. The van der Waals surface area contributed by atoms with Crippen LogP contribution in [0, 0.1) is 0 Å². The van der Waals surface area contributed by atoms with Crippen LogP contribution in [0.3, 0.4) is 0 Å². The van der Waals surface area contributed by atoms with Crippen molar-refractivity contribution >= 4 is 34.5 Å². The molecular formula is C35H39N5O5. The molecule has 3 aromatic carbocycles. The van der Waals surface area contributed by atoms with Crippen molar-refractivity contribution in [1.29, 1.82) is 0 Å². The second kappa shape index (κ2) is 14.6. The van der Waals surface area contributed by atoms with Gasteiger partial charge in [0.25, 0.3) is 11.8 Å². The third kappa shape index (κ3) is 9.45. The van der Waals surface area contributed by atoms with E-state index in [2.05, 4.69) is 20.9 Å². The number of benzene rings is 3. The lowest BCUT2D eigenvalue weighted by atomic mass is 9.93. The van der Waals surface area contributed by atoms with Crippen LogP contribution in [0.25, 0.3) is 10.9 Å². The van der Waals surface area contributed by atoms with Gasteiger partial charge in [0.05, 0.1) is 29.6 Å². The normalized spacial score (nSPS) is 13.3. The van der Waals surface area contributed by atoms with Crippen LogP contribution < -0.4 is 21.7 Å². The molecule has 0 unspecified atom stereocenters. The summed E-state index contributed by atoms with van der Waals surface area (Å²) in [6, 6.07) is 23.0. The van der Waals surface area contributed by atoms with Crippen LogP contribution in [0.1, 0.15) is 59.0 Å². The lowest BCUT2D eigenvalue weighted by Gasteiger charge is -2.28. The Morgan fingerprint density at radius 2 is 1.51 bits per heavy atom. The Balaban J connectivity index is 1.56. The van der Waals surface area contributed by atoms with Crippen LogP contribution >= 0.6 is 0 Å². The standard InChI is InChI=1S/C35H39N5O5/c1-35(2,3)40-33(44)26-15-9-7-13-23(26)19-30(41)28(17-22-11-5-4-6-12-22)38-34(45)29(20-31(36)42)39-32(43)25-18-24-14-8-10-16-27(24)37-21-25/h4-16,18,21,28-30,41H,17,19-20H2,1-3H3,(H2,36,42)(H,38,45)(H,39,43)(H,40,44)/t28-,29-,30+/m0/s1. The third-order valence-electron chi connectivity index (χ3n) is 7.15. The average molecular weight is 610 g/mol. The SMILES string of the molecule is CC(C)(C)NC(=O)c1ccccc1C[C@@H](O)[C@H](Cc1ccccc1)NC(=O)[C@H](CC(N)=O)NC(=O)c1cnc2ccccc2c1. The molecule has 0 spiro atoms. The fraction of sp³-hybridized carbons (Fsp3) is 0.286. The molecule has 0 aliphatic heterocycles. The molecule has 45 heavy (non-hydrogen) atoms. The molecule has 3 atom stereocenters. The number of fused-ring (bicyclic) bond motifs is 1. The number of nitrogens with two attached hydrogens (primary N) is 1. The van der Waals surface area contributed by atoms with E-state index in [1.165, 1.54) is 6.20 Å². The maximum atomic E-state index is 13.6. The fourth-order valence-electron chi connectivity index (χ4n) is 4.98. The number of hydrogen-bond acceptors (Lipinski definition) is 6. The van der Waals surface area contributed by atoms with Gasteiger partial charge >= 0.3 is 0 Å². The number of aromatic nitrogens is 1. The second-order valence-corrected chi connectivity index (χ2v) is 12.1. The fourth-order valence-corrected chi connectivity index (χ4v) is 4.98. The largest absolute Gasteiger partial charge is 0.391 e. The molecule has 4 aromatic rings. The van der Waals surface area contributed by atoms with Crippen LogP contribution in [0.15, 0.2) is 91.1 Å². The molecule has 0 fully saturated rings. The minimum absolute atomic E-state index is 0.0567. The molecule has 0 saturated heterocycles. The number of pyridine rings is 1. The van der Waals surface area contributed by atoms with Gasteiger partial charge in [-0.15, -0.1) is 0 Å². The van der Waals surface area contributed by atoms with E-state index in [1.54, 1.807) is 30.3 Å². The highest BCUT2D eigenvalue weighted by Crippen LogP contribution is 2.17. The highest BCUT2D eigenvalue weighted by atomic mass is 16.3. The van der Waals surface area contributed by atoms with Gasteiger partial charge in [0, 0.05) is 29.1 Å². The first-order valence-electron chi connectivity index (χ1n) is 14.8. The van der Waals surface area contributed by atoms with Crippen LogP contribution in [-0.4, -0.2) is 57.4 Å². The Bertz CT molecular complexity index is 1670. The highest BCUT2D eigenvalue weighted by Gasteiger charge is 2.30. The minimum atomic E-state index is -1.31. The van der Waals surface area contributed by atoms with Crippen molar-refractivity contribution in [2.75, 3.05) is 0 Å². The van der Waals surface area contributed by atoms with E-state index >= 15 is 0 Å². The quantitative estimate of drug-likeness (QED) is 0.166. The van der Waals surface area contributed by atoms with Gasteiger partial charge < -0.3 is 26.8 Å². The molecule has 0 bridgehead atoms. The van der Waals surface area contributed by atoms with Gasteiger partial charge in [-0.05, 0) is 56.5 Å². The highest BCUT2D eigenvalue weighted by molar-refractivity contribution is 6.00. The average Bonchev–Trinajstić information content (AvgIpc) is 2.99. The van der Waals surface area contributed by atoms with Gasteiger partial charge in [0.2, 0.25) is 11.8 Å². The van der Waals surface area contributed by atoms with Crippen molar-refractivity contribution in [2.24, 2.45) is 5.73 Å². The van der Waals surface area contributed by atoms with Gasteiger partial charge in [-0.3, -0.25) is 24.2 Å². The second-order valence-electron chi connectivity index (χ2n) is 12.1. The summed E-state index contributed by atoms with van der Waals surface area (Å²) in [7, 11) is 0. The summed E-state index contributed by atoms with van der Waals surface area (Å²) >= 11 is 0. The van der Waals surface area contributed by atoms with Crippen molar-refractivity contribution in [3.63, 3.8) is 0 Å². The van der Waals surface area contributed by atoms with Crippen molar-refractivity contribution in [3.8, 4) is 0 Å². The predicted molar refractivity (Wildman–Crippen MR) is 172 cm³/mol. The number of rotatable bonds is 12. The molecule has 6 N–H and O–H groups in total. The van der Waals surface area contributed by atoms with Crippen molar-refractivity contribution < 1.29 is 24.3 Å². The molecule has 0 radical (unpaired) electrons. The van der Waals surface area contributed by atoms with Crippen LogP contribution in [0.2, 0.25) is 0 Å². The van der Waals surface area contributed by atoms with Gasteiger partial charge in [0.1, 0.15) is 6.04 Å². The lowest BCUT2D eigenvalue weighted by Crippen LogP contribution is -2.54. The zero-order valence-electron chi connectivity index (χ0n) is 25.6. The van der Waals surface area contributed by atoms with Crippen LogP contribution in [0.4, 0.5) is 0 Å². The first kappa shape index (κ1) is 32.8. The number of nitrogens with zero attached hydrogens (tertiary/aromatic N) is 1. The Hall–Kier alpha value is -5.09. The van der Waals surface area contributed by atoms with Gasteiger partial charge in [0.15, 0.2) is 0 Å². The summed E-state index contributed by atoms with van der Waals surface area (Å²) in [5.41, 5.74) is 7.77. The molecule has 0 aliphatic rings. The number of primary amides is 1. The topological polar surface area (TPSA) is 164 Å². The van der Waals surface area contributed by atoms with Gasteiger partial charge in [-0.2, -0.15) is 0 Å². The summed E-state index contributed by atoms with van der Waals surface area (Å²) in [5.74, 6) is -2.35. The number of carbonyl (C=O) groups is 4. The molecule has 234 valence electrons. The van der Waals surface area contributed by atoms with Crippen molar-refractivity contribution in [1.82, 2.24) is 20.9 Å². The van der Waals surface area contributed by atoms with Gasteiger partial charge in [-0.1, -0.05) is 66.7 Å². The summed E-state index contributed by atoms with van der Waals surface area (Å²) < 4.78 is 0. The molecular weight excluding hydrogens is 570 g/mol. The number of amides is 4. The first-order chi connectivity index (χ1) is 21.4. The summed E-state index contributed by atoms with van der Waals surface area (Å²) in [4.78, 5) is 56.1. The van der Waals surface area contributed by atoms with E-state index in [0.29, 0.717) is 16.6 Å². The van der Waals surface area contributed by atoms with E-state index in [4.69, 9.17) is 5.73 Å². The summed E-state index contributed by atoms with van der Waals surface area (Å²) in [5, 5.41) is 20.6. The molecule has 4 rings (SSSR count). The number of carbonyl (C=O) groups excluding carboxylic acids is 4.